The van der Waals surface area contributed by atoms with E-state index in [4.69, 9.17) is 16.2 Å². The van der Waals surface area contributed by atoms with E-state index >= 15 is 0 Å². The van der Waals surface area contributed by atoms with Crippen LogP contribution in [0.25, 0.3) is 6.08 Å². The fourth-order valence-corrected chi connectivity index (χ4v) is 10.6. The minimum Gasteiger partial charge on any atom is -0.387 e. The van der Waals surface area contributed by atoms with E-state index in [-0.39, 0.29) is 99.0 Å². The Morgan fingerprint density at radius 2 is 1.49 bits per heavy atom. The summed E-state index contributed by atoms with van der Waals surface area (Å²) in [5.74, 6) is -6.75. The van der Waals surface area contributed by atoms with E-state index in [0.717, 1.165) is 34.6 Å². The SMILES string of the molecule is CCCN(CCC)C(=O)C1=Cc2ccc(C(=O)Nc3cnc4c(c3)CN(Cc3ccc(C(=O)NCC(F)(F)CNCOCc5ccc(NC(=O)[C@H](CCCNC(N)=O)NC(=O)[C@@H](NC(=O)CCCCCN6C(=O)C=CC6=O)C(C)C)cc5)cc3)CC4)cc2N=C(N)C1. The number of ether oxygens (including phenoxy) is 1. The number of hydrogen-bond acceptors (Lipinski definition) is 15. The zero-order valence-electron chi connectivity index (χ0n) is 52.5. The van der Waals surface area contributed by atoms with Crippen LogP contribution in [0, 0.1) is 5.92 Å². The third kappa shape index (κ3) is 21.4. The first-order chi connectivity index (χ1) is 44.1. The number of hydrogen-bond donors (Lipinski definition) is 9. The van der Waals surface area contributed by atoms with Crippen LogP contribution in [-0.4, -0.2) is 149 Å². The largest absolute Gasteiger partial charge is 0.387 e. The summed E-state index contributed by atoms with van der Waals surface area (Å²) in [6.45, 7) is 9.11. The van der Waals surface area contributed by atoms with Crippen molar-refractivity contribution in [3.63, 3.8) is 0 Å². The van der Waals surface area contributed by atoms with Crippen molar-refractivity contribution >= 4 is 82.3 Å². The third-order valence-corrected chi connectivity index (χ3v) is 15.4. The molecule has 0 fully saturated rings. The zero-order chi connectivity index (χ0) is 66.3. The number of nitrogens with zero attached hydrogens (tertiary/aromatic N) is 5. The number of primary amides is 1. The average molecular weight is 1270 g/mol. The van der Waals surface area contributed by atoms with Crippen LogP contribution in [0.1, 0.15) is 134 Å². The van der Waals surface area contributed by atoms with E-state index in [1.807, 2.05) is 24.8 Å². The van der Waals surface area contributed by atoms with Crippen LogP contribution in [0.4, 0.5) is 30.6 Å². The van der Waals surface area contributed by atoms with E-state index in [0.29, 0.717) is 97.7 Å². The highest BCUT2D eigenvalue weighted by molar-refractivity contribution is 6.13. The Balaban J connectivity index is 0.803. The van der Waals surface area contributed by atoms with Gasteiger partial charge in [0.25, 0.3) is 29.6 Å². The van der Waals surface area contributed by atoms with Crippen molar-refractivity contribution in [1.82, 2.24) is 46.3 Å². The standard InChI is InChI=1S/C66H84F2N14O10/c1-5-27-81(28-6-2)64(90)48-31-46-19-20-47(33-54(46)77-55(69)34-48)61(87)76-51-32-49-37-80(30-25-52(49)73-35-51)36-43-13-17-45(18-14-43)60(86)74-40-66(67,68)39-71-41-92-38-44-15-21-50(22-16-44)75-62(88)53(11-10-26-72-65(70)91)78-63(89)59(42(3)4)79-56(83)12-8-7-9-29-82-57(84)23-24-58(82)85/h13-24,31-33,35,42,53,59,71H,5-12,25-30,34,36-41H2,1-4H3,(H2,69,77)(H,74,86)(H,75,88)(H,76,87)(H,78,89)(H,79,83)(H3,70,72,91)/t53-,59-/m0/s1. The summed E-state index contributed by atoms with van der Waals surface area (Å²) in [6, 6.07) is 17.5. The molecule has 26 heteroatoms. The van der Waals surface area contributed by atoms with E-state index in [9.17, 15) is 51.9 Å². The monoisotopic (exact) mass is 1270 g/mol. The van der Waals surface area contributed by atoms with Gasteiger partial charge in [-0.3, -0.25) is 58.5 Å². The van der Waals surface area contributed by atoms with Crippen molar-refractivity contribution in [2.45, 2.75) is 130 Å². The fraction of sp³-hybridized carbons (Fsp3) is 0.439. The van der Waals surface area contributed by atoms with Crippen LogP contribution < -0.4 is 48.7 Å². The molecule has 492 valence electrons. The number of benzene rings is 3. The van der Waals surface area contributed by atoms with Crippen molar-refractivity contribution in [2.75, 3.05) is 63.2 Å². The van der Waals surface area contributed by atoms with Gasteiger partial charge in [-0.2, -0.15) is 0 Å². The number of halogens is 2. The predicted octanol–water partition coefficient (Wildman–Crippen LogP) is 5.94. The Bertz CT molecular complexity index is 3370. The topological polar surface area (TPSA) is 334 Å². The number of fused-ring (bicyclic) bond motifs is 2. The molecule has 3 aliphatic rings. The van der Waals surface area contributed by atoms with Crippen molar-refractivity contribution in [2.24, 2.45) is 22.4 Å². The number of amides is 10. The van der Waals surface area contributed by atoms with E-state index in [2.05, 4.69) is 52.1 Å². The van der Waals surface area contributed by atoms with Crippen LogP contribution >= 0.6 is 0 Å². The summed E-state index contributed by atoms with van der Waals surface area (Å²) in [4.78, 5) is 129. The third-order valence-electron chi connectivity index (χ3n) is 15.4. The average Bonchev–Trinajstić information content (AvgIpc) is 1.31. The van der Waals surface area contributed by atoms with Crippen molar-refractivity contribution in [3.8, 4) is 0 Å². The Labute approximate surface area is 534 Å². The van der Waals surface area contributed by atoms with Gasteiger partial charge >= 0.3 is 6.03 Å². The van der Waals surface area contributed by atoms with Gasteiger partial charge in [-0.05, 0) is 110 Å². The normalized spacial score (nSPS) is 14.4. The molecule has 0 saturated carbocycles. The molecule has 24 nitrogen and oxygen atoms in total. The quantitative estimate of drug-likeness (QED) is 0.0148. The molecule has 10 amide bonds. The second kappa shape index (κ2) is 34.2. The van der Waals surface area contributed by atoms with Crippen molar-refractivity contribution in [1.29, 1.82) is 0 Å². The first-order valence-corrected chi connectivity index (χ1v) is 31.2. The maximum absolute atomic E-state index is 15.0. The molecule has 4 aromatic rings. The number of nitrogens with one attached hydrogen (secondary N) is 7. The van der Waals surface area contributed by atoms with Gasteiger partial charge < -0.3 is 53.0 Å². The number of anilines is 2. The molecule has 0 saturated heterocycles. The molecule has 3 aliphatic heterocycles. The van der Waals surface area contributed by atoms with E-state index < -0.39 is 54.8 Å². The van der Waals surface area contributed by atoms with Crippen LogP contribution in [0.5, 0.6) is 0 Å². The highest BCUT2D eigenvalue weighted by Gasteiger charge is 2.31. The molecule has 0 bridgehead atoms. The number of alkyl halides is 2. The van der Waals surface area contributed by atoms with E-state index in [1.54, 1.807) is 92.9 Å². The number of rotatable bonds is 34. The first kappa shape index (κ1) is 70.2. The number of amidine groups is 1. The molecular formula is C66H84F2N14O10. The lowest BCUT2D eigenvalue weighted by Gasteiger charge is -2.28. The van der Waals surface area contributed by atoms with Gasteiger partial charge in [0, 0.05) is 111 Å². The number of carbonyl (C=O) groups is 9. The highest BCUT2D eigenvalue weighted by Crippen LogP contribution is 2.30. The molecule has 2 atom stereocenters. The molecule has 0 radical (unpaired) electrons. The number of unbranched alkanes of at least 4 members (excludes halogenated alkanes) is 2. The van der Waals surface area contributed by atoms with Crippen molar-refractivity contribution in [3.05, 3.63) is 136 Å². The Hall–Kier alpha value is -9.27. The summed E-state index contributed by atoms with van der Waals surface area (Å²) in [6.07, 6.45) is 10.4. The Kier molecular flexibility index (Phi) is 26.1. The lowest BCUT2D eigenvalue weighted by Crippen LogP contribution is -2.54. The molecule has 7 rings (SSSR count). The van der Waals surface area contributed by atoms with Crippen LogP contribution in [0.15, 0.2) is 102 Å². The summed E-state index contributed by atoms with van der Waals surface area (Å²) in [5, 5.41) is 18.6. The summed E-state index contributed by atoms with van der Waals surface area (Å²) >= 11 is 0. The molecule has 0 spiro atoms. The minimum atomic E-state index is -3.32. The minimum absolute atomic E-state index is 0.0311. The van der Waals surface area contributed by atoms with Crippen LogP contribution in [0.2, 0.25) is 0 Å². The molecule has 11 N–H and O–H groups in total. The van der Waals surface area contributed by atoms with Gasteiger partial charge in [0.2, 0.25) is 23.6 Å². The summed E-state index contributed by atoms with van der Waals surface area (Å²) < 4.78 is 35.5. The second-order valence-electron chi connectivity index (χ2n) is 23.4. The van der Waals surface area contributed by atoms with Gasteiger partial charge in [0.15, 0.2) is 0 Å². The van der Waals surface area contributed by atoms with Gasteiger partial charge in [-0.15, -0.1) is 0 Å². The van der Waals surface area contributed by atoms with Crippen LogP contribution in [0.3, 0.4) is 0 Å². The maximum Gasteiger partial charge on any atom is 0.312 e. The number of carbonyl (C=O) groups excluding carboxylic acids is 9. The number of urea groups is 1. The molecule has 0 aliphatic carbocycles. The Morgan fingerprint density at radius 3 is 2.18 bits per heavy atom. The number of pyridine rings is 1. The first-order valence-electron chi connectivity index (χ1n) is 31.2. The molecule has 4 heterocycles. The highest BCUT2D eigenvalue weighted by atomic mass is 19.3. The predicted molar refractivity (Wildman–Crippen MR) is 344 cm³/mol. The number of imide groups is 1. The molecule has 3 aromatic carbocycles. The number of nitrogens with two attached hydrogens (primary N) is 2. The van der Waals surface area contributed by atoms with Gasteiger partial charge in [0.1, 0.15) is 17.9 Å². The second-order valence-corrected chi connectivity index (χ2v) is 23.4. The van der Waals surface area contributed by atoms with Gasteiger partial charge in [-0.1, -0.05) is 64.4 Å². The molecular weight excluding hydrogens is 1190 g/mol. The smallest absolute Gasteiger partial charge is 0.312 e. The number of aromatic nitrogens is 1. The summed E-state index contributed by atoms with van der Waals surface area (Å²) in [5.41, 5.74) is 18.1. The molecule has 0 unspecified atom stereocenters. The zero-order valence-corrected chi connectivity index (χ0v) is 52.5. The summed E-state index contributed by atoms with van der Waals surface area (Å²) in [7, 11) is 0. The van der Waals surface area contributed by atoms with E-state index in [1.165, 1.54) is 12.2 Å². The van der Waals surface area contributed by atoms with Crippen molar-refractivity contribution < 1.29 is 56.7 Å². The number of aliphatic imine (C=N–C) groups is 1. The fourth-order valence-electron chi connectivity index (χ4n) is 10.6. The van der Waals surface area contributed by atoms with Crippen LogP contribution in [-0.2, 0) is 59.6 Å². The maximum atomic E-state index is 15.0. The lowest BCUT2D eigenvalue weighted by molar-refractivity contribution is -0.137. The van der Waals surface area contributed by atoms with Gasteiger partial charge in [0.05, 0.1) is 44.0 Å². The van der Waals surface area contributed by atoms with Gasteiger partial charge in [-0.25, -0.2) is 18.6 Å². The lowest BCUT2D eigenvalue weighted by atomic mass is 10.0. The molecule has 92 heavy (non-hydrogen) atoms. The Morgan fingerprint density at radius 1 is 0.783 bits per heavy atom. The molecule has 1 aromatic heterocycles.